The molecule has 0 radical (unpaired) electrons. The third-order valence-corrected chi connectivity index (χ3v) is 6.10. The van der Waals surface area contributed by atoms with Crippen molar-refractivity contribution < 1.29 is 13.2 Å². The molecule has 144 valence electrons. The number of carbonyl (C=O) groups excluding carboxylic acids is 1. The van der Waals surface area contributed by atoms with Crippen molar-refractivity contribution in [2.24, 2.45) is 5.73 Å². The second-order valence-corrected chi connectivity index (χ2v) is 8.52. The summed E-state index contributed by atoms with van der Waals surface area (Å²) >= 11 is 0. The number of hydrogen-bond donors (Lipinski definition) is 3. The van der Waals surface area contributed by atoms with Crippen molar-refractivity contribution in [3.8, 4) is 0 Å². The molecule has 1 amide bonds. The van der Waals surface area contributed by atoms with E-state index < -0.39 is 10.0 Å². The first kappa shape index (κ1) is 19.5. The Bertz CT molecular complexity index is 926. The molecule has 0 saturated carbocycles. The Morgan fingerprint density at radius 1 is 1.04 bits per heavy atom. The Balaban J connectivity index is 1.67. The van der Waals surface area contributed by atoms with E-state index in [4.69, 9.17) is 5.73 Å². The molecule has 2 aromatic carbocycles. The maximum Gasteiger partial charge on any atom is 0.240 e. The van der Waals surface area contributed by atoms with Crippen LogP contribution in [0.4, 0.5) is 5.69 Å². The van der Waals surface area contributed by atoms with Gasteiger partial charge in [-0.3, -0.25) is 4.79 Å². The predicted octanol–water partition coefficient (Wildman–Crippen LogP) is 1.98. The molecular weight excluding hydrogens is 362 g/mol. The van der Waals surface area contributed by atoms with Gasteiger partial charge in [0.1, 0.15) is 0 Å². The van der Waals surface area contributed by atoms with Crippen LogP contribution in [0, 0.1) is 0 Å². The molecule has 0 atom stereocenters. The van der Waals surface area contributed by atoms with Crippen LogP contribution >= 0.6 is 0 Å². The number of sulfonamides is 1. The average molecular weight is 388 g/mol. The molecule has 0 spiro atoms. The van der Waals surface area contributed by atoms with Crippen molar-refractivity contribution in [2.75, 3.05) is 18.4 Å². The third kappa shape index (κ3) is 5.15. The molecular formula is C20H25N3O3S. The first-order valence-corrected chi connectivity index (χ1v) is 10.7. The Morgan fingerprint density at radius 2 is 1.81 bits per heavy atom. The average Bonchev–Trinajstić information content (AvgIpc) is 2.66. The molecule has 3 rings (SSSR count). The third-order valence-electron chi connectivity index (χ3n) is 4.64. The summed E-state index contributed by atoms with van der Waals surface area (Å²) in [4.78, 5) is 12.5. The van der Waals surface area contributed by atoms with E-state index in [0.29, 0.717) is 5.69 Å². The second kappa shape index (κ2) is 8.65. The highest BCUT2D eigenvalue weighted by atomic mass is 32.2. The van der Waals surface area contributed by atoms with E-state index in [9.17, 15) is 13.2 Å². The first-order valence-electron chi connectivity index (χ1n) is 9.18. The molecule has 2 aromatic rings. The summed E-state index contributed by atoms with van der Waals surface area (Å²) in [6.07, 6.45) is 4.87. The molecule has 0 saturated heterocycles. The molecule has 1 aliphatic carbocycles. The fraction of sp³-hybridized carbons (Fsp3) is 0.350. The van der Waals surface area contributed by atoms with Crippen molar-refractivity contribution >= 4 is 21.6 Å². The largest absolute Gasteiger partial charge is 0.329 e. The first-order chi connectivity index (χ1) is 13.0. The number of carbonyl (C=O) groups is 1. The van der Waals surface area contributed by atoms with Gasteiger partial charge < -0.3 is 11.1 Å². The molecule has 0 heterocycles. The minimum Gasteiger partial charge on any atom is -0.329 e. The summed E-state index contributed by atoms with van der Waals surface area (Å²) in [5.74, 6) is -0.171. The maximum absolute atomic E-state index is 12.4. The highest BCUT2D eigenvalue weighted by molar-refractivity contribution is 7.89. The number of fused-ring (bicyclic) bond motifs is 1. The lowest BCUT2D eigenvalue weighted by atomic mass is 9.90. The van der Waals surface area contributed by atoms with Crippen LogP contribution < -0.4 is 15.8 Å². The Morgan fingerprint density at radius 3 is 2.59 bits per heavy atom. The van der Waals surface area contributed by atoms with E-state index in [1.165, 1.54) is 36.1 Å². The van der Waals surface area contributed by atoms with Crippen molar-refractivity contribution in [3.63, 3.8) is 0 Å². The van der Waals surface area contributed by atoms with Gasteiger partial charge in [-0.1, -0.05) is 24.3 Å². The van der Waals surface area contributed by atoms with Crippen molar-refractivity contribution in [3.05, 3.63) is 59.2 Å². The van der Waals surface area contributed by atoms with Crippen LogP contribution in [-0.2, 0) is 34.1 Å². The van der Waals surface area contributed by atoms with Crippen LogP contribution in [0.3, 0.4) is 0 Å². The van der Waals surface area contributed by atoms with Gasteiger partial charge in [0.05, 0.1) is 11.3 Å². The summed E-state index contributed by atoms with van der Waals surface area (Å²) in [7, 11) is -3.63. The van der Waals surface area contributed by atoms with Crippen LogP contribution in [0.2, 0.25) is 0 Å². The number of anilines is 1. The van der Waals surface area contributed by atoms with Gasteiger partial charge >= 0.3 is 0 Å². The van der Waals surface area contributed by atoms with Gasteiger partial charge in [-0.2, -0.15) is 0 Å². The van der Waals surface area contributed by atoms with Crippen LogP contribution in [0.25, 0.3) is 0 Å². The Labute approximate surface area is 160 Å². The second-order valence-electron chi connectivity index (χ2n) is 6.75. The molecule has 0 bridgehead atoms. The molecule has 7 heteroatoms. The maximum atomic E-state index is 12.4. The molecule has 0 fully saturated rings. The Kier molecular flexibility index (Phi) is 6.26. The van der Waals surface area contributed by atoms with E-state index >= 15 is 0 Å². The van der Waals surface area contributed by atoms with Crippen LogP contribution in [-0.4, -0.2) is 27.4 Å². The van der Waals surface area contributed by atoms with Crippen molar-refractivity contribution in [2.45, 2.75) is 37.0 Å². The quantitative estimate of drug-likeness (QED) is 0.676. The number of benzene rings is 2. The van der Waals surface area contributed by atoms with Crippen LogP contribution in [0.15, 0.2) is 47.4 Å². The molecule has 6 nitrogen and oxygen atoms in total. The normalized spacial score (nSPS) is 13.8. The number of nitrogens with one attached hydrogen (secondary N) is 2. The van der Waals surface area contributed by atoms with Gasteiger partial charge in [0.2, 0.25) is 15.9 Å². The van der Waals surface area contributed by atoms with Gasteiger partial charge in [-0.15, -0.1) is 0 Å². The van der Waals surface area contributed by atoms with E-state index in [0.717, 1.165) is 18.4 Å². The lowest BCUT2D eigenvalue weighted by Crippen LogP contribution is -2.29. The SMILES string of the molecule is NCCNS(=O)(=O)c1cccc(NC(=O)Cc2ccc3c(c2)CCCC3)c1. The highest BCUT2D eigenvalue weighted by Gasteiger charge is 2.15. The van der Waals surface area contributed by atoms with E-state index in [-0.39, 0.29) is 30.3 Å². The van der Waals surface area contributed by atoms with E-state index in [1.807, 2.05) is 6.07 Å². The number of amides is 1. The monoisotopic (exact) mass is 387 g/mol. The van der Waals surface area contributed by atoms with Gasteiger partial charge in [0, 0.05) is 18.8 Å². The fourth-order valence-corrected chi connectivity index (χ4v) is 4.40. The van der Waals surface area contributed by atoms with Crippen molar-refractivity contribution in [1.29, 1.82) is 0 Å². The fourth-order valence-electron chi connectivity index (χ4n) is 3.30. The zero-order chi connectivity index (χ0) is 19.3. The molecule has 0 unspecified atom stereocenters. The predicted molar refractivity (Wildman–Crippen MR) is 106 cm³/mol. The lowest BCUT2D eigenvalue weighted by molar-refractivity contribution is -0.115. The van der Waals surface area contributed by atoms with Gasteiger partial charge in [-0.05, 0) is 60.6 Å². The zero-order valence-corrected chi connectivity index (χ0v) is 16.0. The lowest BCUT2D eigenvalue weighted by Gasteiger charge is -2.16. The molecule has 0 aliphatic heterocycles. The summed E-state index contributed by atoms with van der Waals surface area (Å²) in [5, 5.41) is 2.78. The summed E-state index contributed by atoms with van der Waals surface area (Å²) in [6, 6.07) is 12.4. The zero-order valence-electron chi connectivity index (χ0n) is 15.2. The summed E-state index contributed by atoms with van der Waals surface area (Å²) in [6.45, 7) is 0.383. The number of nitrogens with two attached hydrogens (primary N) is 1. The van der Waals surface area contributed by atoms with Crippen LogP contribution in [0.5, 0.6) is 0 Å². The van der Waals surface area contributed by atoms with Gasteiger partial charge in [-0.25, -0.2) is 13.1 Å². The smallest absolute Gasteiger partial charge is 0.240 e. The van der Waals surface area contributed by atoms with Gasteiger partial charge in [0.15, 0.2) is 0 Å². The minimum atomic E-state index is -3.63. The topological polar surface area (TPSA) is 101 Å². The number of rotatable bonds is 7. The molecule has 1 aliphatic rings. The number of aryl methyl sites for hydroxylation is 2. The molecule has 0 aromatic heterocycles. The summed E-state index contributed by atoms with van der Waals surface area (Å²) in [5.41, 5.74) is 9.49. The molecule has 27 heavy (non-hydrogen) atoms. The number of hydrogen-bond acceptors (Lipinski definition) is 4. The van der Waals surface area contributed by atoms with E-state index in [1.54, 1.807) is 12.1 Å². The van der Waals surface area contributed by atoms with E-state index in [2.05, 4.69) is 22.2 Å². The van der Waals surface area contributed by atoms with Crippen molar-refractivity contribution in [1.82, 2.24) is 4.72 Å². The molecule has 4 N–H and O–H groups in total. The Hall–Kier alpha value is -2.22. The van der Waals surface area contributed by atoms with Crippen LogP contribution in [0.1, 0.15) is 29.5 Å². The minimum absolute atomic E-state index is 0.0996. The highest BCUT2D eigenvalue weighted by Crippen LogP contribution is 2.23. The summed E-state index contributed by atoms with van der Waals surface area (Å²) < 4.78 is 26.8. The van der Waals surface area contributed by atoms with Gasteiger partial charge in [0.25, 0.3) is 0 Å². The standard InChI is InChI=1S/C20H25N3O3S/c21-10-11-22-27(25,26)19-7-3-6-18(14-19)23-20(24)13-15-8-9-16-4-1-2-5-17(16)12-15/h3,6-9,12,14,22H,1-2,4-5,10-11,13,21H2,(H,23,24).